The van der Waals surface area contributed by atoms with Crippen LogP contribution in [0.3, 0.4) is 0 Å². The van der Waals surface area contributed by atoms with Crippen LogP contribution in [0.5, 0.6) is 0 Å². The van der Waals surface area contributed by atoms with Gasteiger partial charge in [-0.3, -0.25) is 9.69 Å². The molecular weight excluding hydrogens is 353 g/mol. The lowest BCUT2D eigenvalue weighted by molar-refractivity contribution is 0.0383. The van der Waals surface area contributed by atoms with Gasteiger partial charge in [0, 0.05) is 38.1 Å². The molecule has 26 heavy (non-hydrogen) atoms. The Kier molecular flexibility index (Phi) is 6.99. The van der Waals surface area contributed by atoms with E-state index in [1.54, 1.807) is 36.5 Å². The van der Waals surface area contributed by atoms with Gasteiger partial charge in [-0.15, -0.1) is 11.8 Å². The molecule has 1 aliphatic heterocycles. The van der Waals surface area contributed by atoms with Gasteiger partial charge in [-0.05, 0) is 23.8 Å². The highest BCUT2D eigenvalue weighted by molar-refractivity contribution is 7.98. The first-order valence-corrected chi connectivity index (χ1v) is 9.62. The van der Waals surface area contributed by atoms with Crippen LogP contribution in [0.15, 0.2) is 47.6 Å². The Bertz CT molecular complexity index is 738. The Morgan fingerprint density at radius 2 is 2.04 bits per heavy atom. The number of pyridine rings is 1. The average molecular weight is 375 g/mol. The van der Waals surface area contributed by atoms with E-state index in [4.69, 9.17) is 4.74 Å². The first-order valence-electron chi connectivity index (χ1n) is 8.63. The second kappa shape index (κ2) is 9.66. The van der Waals surface area contributed by atoms with Gasteiger partial charge in [0.15, 0.2) is 0 Å². The summed E-state index contributed by atoms with van der Waals surface area (Å²) in [6.07, 6.45) is 1.65. The van der Waals surface area contributed by atoms with Gasteiger partial charge >= 0.3 is 0 Å². The second-order valence-corrected chi connectivity index (χ2v) is 6.91. The van der Waals surface area contributed by atoms with E-state index in [1.165, 1.54) is 17.8 Å². The molecule has 0 saturated carbocycles. The highest BCUT2D eigenvalue weighted by atomic mass is 32.2. The molecule has 0 bridgehead atoms. The van der Waals surface area contributed by atoms with Crippen LogP contribution in [0, 0.1) is 5.82 Å². The molecule has 1 aromatic heterocycles. The maximum absolute atomic E-state index is 13.8. The summed E-state index contributed by atoms with van der Waals surface area (Å²) in [6, 6.07) is 10.1. The van der Waals surface area contributed by atoms with Gasteiger partial charge in [-0.2, -0.15) is 0 Å². The molecule has 7 heteroatoms. The van der Waals surface area contributed by atoms with Crippen molar-refractivity contribution in [1.82, 2.24) is 15.2 Å². The van der Waals surface area contributed by atoms with E-state index >= 15 is 0 Å². The highest BCUT2D eigenvalue weighted by Gasteiger charge is 2.15. The molecule has 0 unspecified atom stereocenters. The fourth-order valence-electron chi connectivity index (χ4n) is 2.69. The zero-order chi connectivity index (χ0) is 18.2. The van der Waals surface area contributed by atoms with Crippen molar-refractivity contribution in [3.63, 3.8) is 0 Å². The third-order valence-corrected chi connectivity index (χ3v) is 5.21. The molecule has 2 aromatic rings. The van der Waals surface area contributed by atoms with Crippen LogP contribution in [-0.2, 0) is 10.5 Å². The Labute approximate surface area is 156 Å². The predicted octanol–water partition coefficient (Wildman–Crippen LogP) is 2.58. The van der Waals surface area contributed by atoms with Gasteiger partial charge < -0.3 is 10.1 Å². The molecule has 138 valence electrons. The van der Waals surface area contributed by atoms with E-state index in [0.29, 0.717) is 28.5 Å². The van der Waals surface area contributed by atoms with Gasteiger partial charge in [0.05, 0.1) is 18.8 Å². The number of hydrogen-bond donors (Lipinski definition) is 1. The number of carbonyl (C=O) groups excluding carboxylic acids is 1. The summed E-state index contributed by atoms with van der Waals surface area (Å²) >= 11 is 1.37. The molecule has 0 atom stereocenters. The third kappa shape index (κ3) is 5.27. The van der Waals surface area contributed by atoms with Crippen LogP contribution in [0.1, 0.15) is 15.9 Å². The Morgan fingerprint density at radius 1 is 1.23 bits per heavy atom. The maximum Gasteiger partial charge on any atom is 0.254 e. The number of rotatable bonds is 7. The third-order valence-electron chi connectivity index (χ3n) is 4.16. The van der Waals surface area contributed by atoms with E-state index in [1.807, 2.05) is 0 Å². The van der Waals surface area contributed by atoms with Crippen LogP contribution in [-0.4, -0.2) is 55.2 Å². The van der Waals surface area contributed by atoms with Crippen LogP contribution in [0.4, 0.5) is 4.39 Å². The summed E-state index contributed by atoms with van der Waals surface area (Å²) in [6.45, 7) is 4.65. The lowest BCUT2D eigenvalue weighted by atomic mass is 10.2. The van der Waals surface area contributed by atoms with Gasteiger partial charge in [-0.1, -0.05) is 18.2 Å². The minimum atomic E-state index is -0.243. The molecule has 2 heterocycles. The van der Waals surface area contributed by atoms with Crippen LogP contribution < -0.4 is 5.32 Å². The number of nitrogens with zero attached hydrogens (tertiary/aromatic N) is 2. The summed E-state index contributed by atoms with van der Waals surface area (Å²) in [5.74, 6) is 0.0346. The Balaban J connectivity index is 1.55. The number of amides is 1. The SMILES string of the molecule is O=C(NCCN1CCOCC1)c1cccnc1SCc1ccccc1F. The molecular formula is C19H22FN3O2S. The summed E-state index contributed by atoms with van der Waals surface area (Å²) in [7, 11) is 0. The van der Waals surface area contributed by atoms with Crippen molar-refractivity contribution in [2.75, 3.05) is 39.4 Å². The molecule has 1 saturated heterocycles. The minimum Gasteiger partial charge on any atom is -0.379 e. The predicted molar refractivity (Wildman–Crippen MR) is 99.8 cm³/mol. The number of hydrogen-bond acceptors (Lipinski definition) is 5. The second-order valence-electron chi connectivity index (χ2n) is 5.95. The first kappa shape index (κ1) is 18.8. The zero-order valence-electron chi connectivity index (χ0n) is 14.5. The van der Waals surface area contributed by atoms with Gasteiger partial charge in [0.2, 0.25) is 0 Å². The standard InChI is InChI=1S/C19H22FN3O2S/c20-17-6-2-1-4-15(17)14-26-19-16(5-3-7-22-19)18(24)21-8-9-23-10-12-25-13-11-23/h1-7H,8-14H2,(H,21,24). The minimum absolute atomic E-state index is 0.151. The summed E-state index contributed by atoms with van der Waals surface area (Å²) in [5, 5.41) is 3.56. The van der Waals surface area contributed by atoms with Crippen LogP contribution in [0.25, 0.3) is 0 Å². The topological polar surface area (TPSA) is 54.5 Å². The van der Waals surface area contributed by atoms with Crippen molar-refractivity contribution in [2.45, 2.75) is 10.8 Å². The highest BCUT2D eigenvalue weighted by Crippen LogP contribution is 2.25. The number of morpholine rings is 1. The molecule has 1 N–H and O–H groups in total. The van der Waals surface area contributed by atoms with Gasteiger partial charge in [0.1, 0.15) is 10.8 Å². The molecule has 1 fully saturated rings. The molecule has 5 nitrogen and oxygen atoms in total. The summed E-state index contributed by atoms with van der Waals surface area (Å²) in [4.78, 5) is 19.1. The zero-order valence-corrected chi connectivity index (χ0v) is 15.3. The van der Waals surface area contributed by atoms with E-state index in [2.05, 4.69) is 15.2 Å². The molecule has 1 amide bonds. The van der Waals surface area contributed by atoms with E-state index < -0.39 is 0 Å². The van der Waals surface area contributed by atoms with Crippen molar-refractivity contribution >= 4 is 17.7 Å². The van der Waals surface area contributed by atoms with Gasteiger partial charge in [-0.25, -0.2) is 9.37 Å². The molecule has 0 spiro atoms. The van der Waals surface area contributed by atoms with Crippen molar-refractivity contribution < 1.29 is 13.9 Å². The fourth-order valence-corrected chi connectivity index (χ4v) is 3.67. The molecule has 0 aliphatic carbocycles. The average Bonchev–Trinajstić information content (AvgIpc) is 2.68. The molecule has 1 aromatic carbocycles. The smallest absolute Gasteiger partial charge is 0.254 e. The van der Waals surface area contributed by atoms with Crippen molar-refractivity contribution in [2.24, 2.45) is 0 Å². The number of benzene rings is 1. The monoisotopic (exact) mass is 375 g/mol. The molecule has 1 aliphatic rings. The van der Waals surface area contributed by atoms with Crippen LogP contribution in [0.2, 0.25) is 0 Å². The fraction of sp³-hybridized carbons (Fsp3) is 0.368. The summed E-state index contributed by atoms with van der Waals surface area (Å²) in [5.41, 5.74) is 1.12. The molecule has 3 rings (SSSR count). The van der Waals surface area contributed by atoms with E-state index in [-0.39, 0.29) is 11.7 Å². The normalized spacial score (nSPS) is 15.0. The number of halogens is 1. The largest absolute Gasteiger partial charge is 0.379 e. The lowest BCUT2D eigenvalue weighted by Gasteiger charge is -2.26. The van der Waals surface area contributed by atoms with Crippen molar-refractivity contribution in [3.8, 4) is 0 Å². The number of nitrogens with one attached hydrogen (secondary N) is 1. The van der Waals surface area contributed by atoms with Crippen molar-refractivity contribution in [3.05, 3.63) is 59.5 Å². The van der Waals surface area contributed by atoms with E-state index in [9.17, 15) is 9.18 Å². The Morgan fingerprint density at radius 3 is 2.85 bits per heavy atom. The van der Waals surface area contributed by atoms with Gasteiger partial charge in [0.25, 0.3) is 5.91 Å². The van der Waals surface area contributed by atoms with E-state index in [0.717, 1.165) is 32.8 Å². The van der Waals surface area contributed by atoms with Crippen molar-refractivity contribution in [1.29, 1.82) is 0 Å². The lowest BCUT2D eigenvalue weighted by Crippen LogP contribution is -2.41. The number of carbonyl (C=O) groups is 1. The maximum atomic E-state index is 13.8. The quantitative estimate of drug-likeness (QED) is 0.754. The number of ether oxygens (including phenoxy) is 1. The molecule has 0 radical (unpaired) electrons. The summed E-state index contributed by atoms with van der Waals surface area (Å²) < 4.78 is 19.1. The Hall–Kier alpha value is -1.96. The number of aromatic nitrogens is 1. The van der Waals surface area contributed by atoms with Crippen LogP contribution >= 0.6 is 11.8 Å². The number of thioether (sulfide) groups is 1. The first-order chi connectivity index (χ1) is 12.7.